The van der Waals surface area contributed by atoms with E-state index in [2.05, 4.69) is 10.1 Å². The summed E-state index contributed by atoms with van der Waals surface area (Å²) in [5.74, 6) is 0.492. The first kappa shape index (κ1) is 26.0. The van der Waals surface area contributed by atoms with Crippen LogP contribution in [0.5, 0.6) is 11.5 Å². The fourth-order valence-electron chi connectivity index (χ4n) is 3.77. The number of halogens is 2. The van der Waals surface area contributed by atoms with Crippen molar-refractivity contribution >= 4 is 63.0 Å². The van der Waals surface area contributed by atoms with Crippen molar-refractivity contribution in [2.24, 2.45) is 10.1 Å². The lowest BCUT2D eigenvalue weighted by Crippen LogP contribution is -2.35. The molecular weight excluding hydrogens is 543 g/mol. The van der Waals surface area contributed by atoms with E-state index < -0.39 is 5.91 Å². The van der Waals surface area contributed by atoms with Gasteiger partial charge in [-0.05, 0) is 61.5 Å². The number of ether oxygens (including phenoxy) is 2. The van der Waals surface area contributed by atoms with Gasteiger partial charge in [0.05, 0.1) is 12.2 Å². The van der Waals surface area contributed by atoms with Crippen molar-refractivity contribution in [3.05, 3.63) is 98.5 Å². The van der Waals surface area contributed by atoms with Crippen LogP contribution in [0.1, 0.15) is 29.2 Å². The zero-order chi connectivity index (χ0) is 26.8. The second-order valence-electron chi connectivity index (χ2n) is 8.45. The highest BCUT2D eigenvalue weighted by molar-refractivity contribution is 8.27. The summed E-state index contributed by atoms with van der Waals surface area (Å²) in [6, 6.07) is 18.4. The van der Waals surface area contributed by atoms with Crippen LogP contribution in [0.2, 0.25) is 10.0 Å². The van der Waals surface area contributed by atoms with Crippen LogP contribution in [0.4, 0.5) is 0 Å². The zero-order valence-corrected chi connectivity index (χ0v) is 22.8. The summed E-state index contributed by atoms with van der Waals surface area (Å²) in [7, 11) is 0. The lowest BCUT2D eigenvalue weighted by molar-refractivity contribution is -0.114. The first-order valence-corrected chi connectivity index (χ1v) is 13.3. The SMILES string of the molecule is CCOc1cc(/C=C2/C(=N)N3N=C(c4ccc(C)cc4)SC3=NC2=O)ccc1OCc1ccc(Cl)cc1Cl. The van der Waals surface area contributed by atoms with E-state index in [0.29, 0.717) is 43.9 Å². The molecule has 1 N–H and O–H groups in total. The molecule has 0 unspecified atom stereocenters. The number of benzene rings is 3. The molecule has 0 bridgehead atoms. The van der Waals surface area contributed by atoms with Crippen molar-refractivity contribution in [1.29, 1.82) is 5.41 Å². The molecule has 2 aliphatic heterocycles. The number of hydrogen-bond donors (Lipinski definition) is 1. The van der Waals surface area contributed by atoms with E-state index in [1.165, 1.54) is 16.8 Å². The minimum Gasteiger partial charge on any atom is -0.490 e. The van der Waals surface area contributed by atoms with Gasteiger partial charge < -0.3 is 9.47 Å². The Bertz CT molecular complexity index is 1530. The van der Waals surface area contributed by atoms with Crippen LogP contribution in [0.15, 0.2) is 76.3 Å². The van der Waals surface area contributed by atoms with Crippen LogP contribution in [0, 0.1) is 12.3 Å². The monoisotopic (exact) mass is 564 g/mol. The number of carbonyl (C=O) groups excluding carboxylic acids is 1. The normalized spacial score (nSPS) is 15.9. The van der Waals surface area contributed by atoms with Gasteiger partial charge in [-0.3, -0.25) is 10.2 Å². The minimum absolute atomic E-state index is 0.0368. The average molecular weight is 565 g/mol. The van der Waals surface area contributed by atoms with Crippen LogP contribution in [0.3, 0.4) is 0 Å². The summed E-state index contributed by atoms with van der Waals surface area (Å²) in [6.45, 7) is 4.53. The van der Waals surface area contributed by atoms with Gasteiger partial charge in [-0.2, -0.15) is 15.1 Å². The fourth-order valence-corrected chi connectivity index (χ4v) is 5.13. The number of thioether (sulfide) groups is 1. The van der Waals surface area contributed by atoms with E-state index >= 15 is 0 Å². The smallest absolute Gasteiger partial charge is 0.283 e. The summed E-state index contributed by atoms with van der Waals surface area (Å²) in [5, 5.41) is 16.7. The van der Waals surface area contributed by atoms with Crippen molar-refractivity contribution in [2.75, 3.05) is 6.61 Å². The molecule has 0 fully saturated rings. The van der Waals surface area contributed by atoms with Gasteiger partial charge in [0, 0.05) is 21.2 Å². The Morgan fingerprint density at radius 1 is 1.03 bits per heavy atom. The van der Waals surface area contributed by atoms with Gasteiger partial charge in [-0.25, -0.2) is 0 Å². The number of nitrogens with one attached hydrogen (secondary N) is 1. The Kier molecular flexibility index (Phi) is 7.56. The third-order valence-corrected chi connectivity index (χ3v) is 7.27. The number of amides is 1. The molecular formula is C28H22Cl2N4O3S. The third kappa shape index (κ3) is 5.48. The molecule has 38 heavy (non-hydrogen) atoms. The molecule has 10 heteroatoms. The van der Waals surface area contributed by atoms with Crippen LogP contribution < -0.4 is 9.47 Å². The average Bonchev–Trinajstić information content (AvgIpc) is 3.31. The maximum absolute atomic E-state index is 12.9. The van der Waals surface area contributed by atoms with E-state index in [1.54, 1.807) is 36.4 Å². The number of rotatable bonds is 7. The van der Waals surface area contributed by atoms with Gasteiger partial charge in [-0.15, -0.1) is 0 Å². The van der Waals surface area contributed by atoms with Gasteiger partial charge in [0.2, 0.25) is 5.17 Å². The number of carbonyl (C=O) groups is 1. The summed E-state index contributed by atoms with van der Waals surface area (Å²) in [6.07, 6.45) is 1.61. The first-order valence-electron chi connectivity index (χ1n) is 11.7. The van der Waals surface area contributed by atoms with Gasteiger partial charge >= 0.3 is 0 Å². The fraction of sp³-hybridized carbons (Fsp3) is 0.143. The molecule has 0 saturated carbocycles. The molecule has 7 nitrogen and oxygen atoms in total. The van der Waals surface area contributed by atoms with Gasteiger partial charge in [0.25, 0.3) is 5.91 Å². The minimum atomic E-state index is -0.496. The molecule has 0 radical (unpaired) electrons. The van der Waals surface area contributed by atoms with Crippen molar-refractivity contribution in [3.8, 4) is 11.5 Å². The van der Waals surface area contributed by atoms with Crippen molar-refractivity contribution in [2.45, 2.75) is 20.5 Å². The maximum Gasteiger partial charge on any atom is 0.283 e. The molecule has 1 amide bonds. The van der Waals surface area contributed by atoms with E-state index in [-0.39, 0.29) is 18.0 Å². The van der Waals surface area contributed by atoms with E-state index in [0.717, 1.165) is 16.7 Å². The summed E-state index contributed by atoms with van der Waals surface area (Å²) in [5.41, 5.74) is 3.62. The molecule has 0 saturated heterocycles. The number of amidine groups is 2. The predicted molar refractivity (Wildman–Crippen MR) is 154 cm³/mol. The van der Waals surface area contributed by atoms with E-state index in [1.807, 2.05) is 44.2 Å². The summed E-state index contributed by atoms with van der Waals surface area (Å²) < 4.78 is 11.8. The van der Waals surface area contributed by atoms with E-state index in [4.69, 9.17) is 38.1 Å². The number of hydrazone groups is 1. The second-order valence-corrected chi connectivity index (χ2v) is 10.3. The second kappa shape index (κ2) is 11.0. The van der Waals surface area contributed by atoms with Crippen molar-refractivity contribution < 1.29 is 14.3 Å². The number of aryl methyl sites for hydroxylation is 1. The topological polar surface area (TPSA) is 87.3 Å². The third-order valence-electron chi connectivity index (χ3n) is 5.73. The lowest BCUT2D eigenvalue weighted by Gasteiger charge is -2.20. The Labute approximate surface area is 234 Å². The maximum atomic E-state index is 12.9. The standard InChI is InChI=1S/C28H22Cl2N4O3S/c1-3-36-24-13-17(6-11-23(24)37-15-19-9-10-20(29)14-22(19)30)12-21-25(31)34-28(32-26(21)35)38-27(33-34)18-7-4-16(2)5-8-18/h4-14,31H,3,15H2,1-2H3/b21-12-,31-25?. The van der Waals surface area contributed by atoms with Crippen LogP contribution in [-0.2, 0) is 11.4 Å². The van der Waals surface area contributed by atoms with Crippen molar-refractivity contribution in [1.82, 2.24) is 5.01 Å². The number of hydrogen-bond acceptors (Lipinski definition) is 6. The van der Waals surface area contributed by atoms with Crippen LogP contribution in [0.25, 0.3) is 6.08 Å². The molecule has 2 aliphatic rings. The highest BCUT2D eigenvalue weighted by atomic mass is 35.5. The number of aliphatic imine (C=N–C) groups is 1. The Hall–Kier alpha value is -3.59. The molecule has 0 spiro atoms. The Morgan fingerprint density at radius 2 is 1.82 bits per heavy atom. The van der Waals surface area contributed by atoms with E-state index in [9.17, 15) is 4.79 Å². The molecule has 192 valence electrons. The molecule has 2 heterocycles. The molecule has 0 atom stereocenters. The Balaban J connectivity index is 1.38. The highest BCUT2D eigenvalue weighted by Crippen LogP contribution is 2.34. The van der Waals surface area contributed by atoms with Gasteiger partial charge in [0.15, 0.2) is 17.3 Å². The molecule has 3 aromatic rings. The predicted octanol–water partition coefficient (Wildman–Crippen LogP) is 6.95. The van der Waals surface area contributed by atoms with Crippen molar-refractivity contribution in [3.63, 3.8) is 0 Å². The molecule has 5 rings (SSSR count). The highest BCUT2D eigenvalue weighted by Gasteiger charge is 2.36. The number of nitrogens with zero attached hydrogens (tertiary/aromatic N) is 3. The van der Waals surface area contributed by atoms with Crippen LogP contribution in [-0.4, -0.2) is 33.6 Å². The molecule has 0 aliphatic carbocycles. The number of fused-ring (bicyclic) bond motifs is 1. The quantitative estimate of drug-likeness (QED) is 0.314. The zero-order valence-electron chi connectivity index (χ0n) is 20.5. The summed E-state index contributed by atoms with van der Waals surface area (Å²) in [4.78, 5) is 17.1. The lowest BCUT2D eigenvalue weighted by atomic mass is 10.1. The largest absolute Gasteiger partial charge is 0.490 e. The van der Waals surface area contributed by atoms with Gasteiger partial charge in [-0.1, -0.05) is 65.2 Å². The Morgan fingerprint density at radius 3 is 2.55 bits per heavy atom. The molecule has 0 aromatic heterocycles. The molecule has 3 aromatic carbocycles. The first-order chi connectivity index (χ1) is 18.3. The summed E-state index contributed by atoms with van der Waals surface area (Å²) >= 11 is 13.5. The van der Waals surface area contributed by atoms with Crippen LogP contribution >= 0.6 is 35.0 Å². The van der Waals surface area contributed by atoms with Gasteiger partial charge in [0.1, 0.15) is 11.7 Å².